The molecule has 3 rings (SSSR count). The number of nitrogens with one attached hydrogen (secondary N) is 2. The lowest BCUT2D eigenvalue weighted by Crippen LogP contribution is -2.48. The van der Waals surface area contributed by atoms with E-state index in [-0.39, 0.29) is 11.9 Å². The van der Waals surface area contributed by atoms with Gasteiger partial charge in [-0.25, -0.2) is 9.59 Å². The first-order valence-electron chi connectivity index (χ1n) is 9.12. The van der Waals surface area contributed by atoms with Crippen LogP contribution in [0.25, 0.3) is 0 Å². The van der Waals surface area contributed by atoms with Crippen LogP contribution in [-0.4, -0.2) is 53.2 Å². The molecule has 0 aliphatic carbocycles. The van der Waals surface area contributed by atoms with Crippen LogP contribution in [0.3, 0.4) is 0 Å². The predicted molar refractivity (Wildman–Crippen MR) is 103 cm³/mol. The third kappa shape index (κ3) is 3.99. The number of hydrogen-bond donors (Lipinski definition) is 2. The van der Waals surface area contributed by atoms with Crippen LogP contribution in [-0.2, 0) is 24.0 Å². The van der Waals surface area contributed by atoms with Crippen molar-refractivity contribution in [1.29, 1.82) is 0 Å². The normalized spacial score (nSPS) is 23.5. The van der Waals surface area contributed by atoms with Gasteiger partial charge in [0.25, 0.3) is 5.91 Å². The number of ether oxygens (including phenoxy) is 1. The SMILES string of the molecule is CC(C)NC(=O)NC(=O)COC(=O)[C@@H]1CS[C@@]2(c3ccccc3)CCC(=O)N12. The molecule has 2 saturated heterocycles. The summed E-state index contributed by atoms with van der Waals surface area (Å²) in [6, 6.07) is 8.09. The standard InChI is InChI=1S/C19H23N3O5S/c1-12(2)20-18(26)21-15(23)10-27-17(25)14-11-28-19(9-8-16(24)22(14)19)13-6-4-3-5-7-13/h3-7,12,14H,8-11H2,1-2H3,(H2,20,21,23,26)/t14-,19+/m0/s1. The first kappa shape index (κ1) is 20.2. The number of hydrogen-bond acceptors (Lipinski definition) is 6. The van der Waals surface area contributed by atoms with E-state index in [0.29, 0.717) is 18.6 Å². The zero-order valence-electron chi connectivity index (χ0n) is 15.8. The molecule has 2 aliphatic heterocycles. The predicted octanol–water partition coefficient (Wildman–Crippen LogP) is 1.35. The number of amides is 4. The minimum absolute atomic E-state index is 0.100. The van der Waals surface area contributed by atoms with Gasteiger partial charge in [0.2, 0.25) is 5.91 Å². The molecule has 0 unspecified atom stereocenters. The van der Waals surface area contributed by atoms with E-state index in [1.807, 2.05) is 30.3 Å². The monoisotopic (exact) mass is 405 g/mol. The third-order valence-corrected chi connectivity index (χ3v) is 6.24. The molecule has 0 radical (unpaired) electrons. The lowest BCUT2D eigenvalue weighted by molar-refractivity contribution is -0.156. The van der Waals surface area contributed by atoms with Crippen LogP contribution in [0, 0.1) is 0 Å². The summed E-state index contributed by atoms with van der Waals surface area (Å²) in [5.74, 6) is -1.06. The maximum absolute atomic E-state index is 12.6. The van der Waals surface area contributed by atoms with Crippen molar-refractivity contribution >= 4 is 35.6 Å². The second kappa shape index (κ2) is 8.22. The van der Waals surface area contributed by atoms with E-state index < -0.39 is 35.4 Å². The maximum atomic E-state index is 12.6. The van der Waals surface area contributed by atoms with Crippen molar-refractivity contribution in [2.45, 2.75) is 43.6 Å². The molecule has 2 N–H and O–H groups in total. The van der Waals surface area contributed by atoms with E-state index in [0.717, 1.165) is 5.56 Å². The van der Waals surface area contributed by atoms with Gasteiger partial charge in [0.1, 0.15) is 10.9 Å². The lowest BCUT2D eigenvalue weighted by Gasteiger charge is -2.33. The number of imide groups is 1. The van der Waals surface area contributed by atoms with E-state index in [4.69, 9.17) is 4.74 Å². The van der Waals surface area contributed by atoms with Crippen molar-refractivity contribution in [2.75, 3.05) is 12.4 Å². The van der Waals surface area contributed by atoms with Gasteiger partial charge in [0, 0.05) is 18.2 Å². The van der Waals surface area contributed by atoms with Gasteiger partial charge < -0.3 is 15.0 Å². The maximum Gasteiger partial charge on any atom is 0.330 e. The fraction of sp³-hybridized carbons (Fsp3) is 0.474. The number of thioether (sulfide) groups is 1. The van der Waals surface area contributed by atoms with Gasteiger partial charge in [0.05, 0.1) is 0 Å². The largest absolute Gasteiger partial charge is 0.454 e. The van der Waals surface area contributed by atoms with Gasteiger partial charge in [-0.05, 0) is 25.8 Å². The van der Waals surface area contributed by atoms with Crippen molar-refractivity contribution in [2.24, 2.45) is 0 Å². The number of carbonyl (C=O) groups is 4. The Morgan fingerprint density at radius 2 is 2.00 bits per heavy atom. The zero-order chi connectivity index (χ0) is 20.3. The van der Waals surface area contributed by atoms with Crippen LogP contribution >= 0.6 is 11.8 Å². The summed E-state index contributed by atoms with van der Waals surface area (Å²) in [5.41, 5.74) is 0.976. The molecule has 0 spiro atoms. The van der Waals surface area contributed by atoms with Crippen molar-refractivity contribution in [1.82, 2.24) is 15.5 Å². The van der Waals surface area contributed by atoms with Crippen LogP contribution in [0.5, 0.6) is 0 Å². The van der Waals surface area contributed by atoms with Gasteiger partial charge >= 0.3 is 12.0 Å². The number of nitrogens with zero attached hydrogens (tertiary/aromatic N) is 1. The van der Waals surface area contributed by atoms with E-state index in [1.165, 1.54) is 0 Å². The van der Waals surface area contributed by atoms with Crippen molar-refractivity contribution in [3.05, 3.63) is 35.9 Å². The van der Waals surface area contributed by atoms with Gasteiger partial charge in [-0.3, -0.25) is 14.9 Å². The molecule has 2 atom stereocenters. The zero-order valence-corrected chi connectivity index (χ0v) is 16.6. The van der Waals surface area contributed by atoms with Gasteiger partial charge in [-0.2, -0.15) is 0 Å². The third-order valence-electron chi connectivity index (χ3n) is 4.64. The molecule has 150 valence electrons. The number of carbonyl (C=O) groups excluding carboxylic acids is 4. The molecule has 0 saturated carbocycles. The minimum atomic E-state index is -0.752. The van der Waals surface area contributed by atoms with E-state index in [2.05, 4.69) is 10.6 Å². The number of urea groups is 1. The Morgan fingerprint density at radius 3 is 2.68 bits per heavy atom. The highest BCUT2D eigenvalue weighted by Gasteiger charge is 2.57. The van der Waals surface area contributed by atoms with Crippen molar-refractivity contribution in [3.8, 4) is 0 Å². The molecule has 28 heavy (non-hydrogen) atoms. The van der Waals surface area contributed by atoms with Crippen LogP contribution < -0.4 is 10.6 Å². The molecule has 4 amide bonds. The summed E-state index contributed by atoms with van der Waals surface area (Å²) in [6.07, 6.45) is 0.988. The molecule has 1 aromatic carbocycles. The summed E-state index contributed by atoms with van der Waals surface area (Å²) in [5, 5.41) is 4.60. The smallest absolute Gasteiger partial charge is 0.330 e. The van der Waals surface area contributed by atoms with E-state index in [1.54, 1.807) is 30.5 Å². The fourth-order valence-corrected chi connectivity index (χ4v) is 5.15. The summed E-state index contributed by atoms with van der Waals surface area (Å²) in [7, 11) is 0. The van der Waals surface area contributed by atoms with E-state index in [9.17, 15) is 19.2 Å². The molecular formula is C19H23N3O5S. The molecule has 9 heteroatoms. The quantitative estimate of drug-likeness (QED) is 0.717. The molecule has 2 fully saturated rings. The Kier molecular flexibility index (Phi) is 5.93. The molecular weight excluding hydrogens is 382 g/mol. The highest BCUT2D eigenvalue weighted by atomic mass is 32.2. The van der Waals surface area contributed by atoms with E-state index >= 15 is 0 Å². The average Bonchev–Trinajstić information content (AvgIpc) is 3.19. The number of fused-ring (bicyclic) bond motifs is 1. The summed E-state index contributed by atoms with van der Waals surface area (Å²) in [6.45, 7) is 2.94. The molecule has 8 nitrogen and oxygen atoms in total. The van der Waals surface area contributed by atoms with Gasteiger partial charge in [0.15, 0.2) is 6.61 Å². The molecule has 2 heterocycles. The van der Waals surface area contributed by atoms with Crippen molar-refractivity contribution in [3.63, 3.8) is 0 Å². The highest BCUT2D eigenvalue weighted by Crippen LogP contribution is 2.54. The Bertz CT molecular complexity index is 785. The van der Waals surface area contributed by atoms with Gasteiger partial charge in [-0.15, -0.1) is 11.8 Å². The van der Waals surface area contributed by atoms with Gasteiger partial charge in [-0.1, -0.05) is 30.3 Å². The molecule has 2 aliphatic rings. The van der Waals surface area contributed by atoms with Crippen LogP contribution in [0.4, 0.5) is 4.79 Å². The first-order chi connectivity index (χ1) is 13.3. The summed E-state index contributed by atoms with van der Waals surface area (Å²) >= 11 is 1.55. The molecule has 0 aromatic heterocycles. The number of esters is 1. The average molecular weight is 405 g/mol. The highest BCUT2D eigenvalue weighted by molar-refractivity contribution is 8.00. The Balaban J connectivity index is 1.63. The first-order valence-corrected chi connectivity index (χ1v) is 10.1. The lowest BCUT2D eigenvalue weighted by atomic mass is 10.0. The molecule has 0 bridgehead atoms. The molecule has 1 aromatic rings. The Labute approximate surface area is 167 Å². The summed E-state index contributed by atoms with van der Waals surface area (Å²) < 4.78 is 5.09. The second-order valence-electron chi connectivity index (χ2n) is 7.02. The number of rotatable bonds is 5. The number of benzene rings is 1. The van der Waals surface area contributed by atoms with Crippen LogP contribution in [0.1, 0.15) is 32.3 Å². The Morgan fingerprint density at radius 1 is 1.29 bits per heavy atom. The topological polar surface area (TPSA) is 105 Å². The second-order valence-corrected chi connectivity index (χ2v) is 8.32. The van der Waals surface area contributed by atoms with Crippen LogP contribution in [0.2, 0.25) is 0 Å². The summed E-state index contributed by atoms with van der Waals surface area (Å²) in [4.78, 5) is 49.4. The van der Waals surface area contributed by atoms with Crippen LogP contribution in [0.15, 0.2) is 30.3 Å². The Hall–Kier alpha value is -2.55. The fourth-order valence-electron chi connectivity index (χ4n) is 3.51. The van der Waals surface area contributed by atoms with Crippen molar-refractivity contribution < 1.29 is 23.9 Å². The minimum Gasteiger partial charge on any atom is -0.454 e.